The second-order valence-electron chi connectivity index (χ2n) is 8.08. The maximum atomic E-state index is 12.4. The molecular formula is C23H26N5O3P. The Balaban J connectivity index is 1.55. The second-order valence-corrected chi connectivity index (χ2v) is 11.2. The number of amides is 1. The van der Waals surface area contributed by atoms with Crippen molar-refractivity contribution in [1.29, 1.82) is 0 Å². The molecule has 2 aromatic heterocycles. The second kappa shape index (κ2) is 9.09. The van der Waals surface area contributed by atoms with Crippen molar-refractivity contribution >= 4 is 29.8 Å². The highest BCUT2D eigenvalue weighted by atomic mass is 31.2. The number of nitrogens with zero attached hydrogens (tertiary/aromatic N) is 5. The Morgan fingerprint density at radius 3 is 2.44 bits per heavy atom. The average Bonchev–Trinajstić information content (AvgIpc) is 2.81. The normalized spacial score (nSPS) is 14.8. The predicted octanol–water partition coefficient (Wildman–Crippen LogP) is 3.49. The van der Waals surface area contributed by atoms with Crippen molar-refractivity contribution < 1.29 is 14.1 Å². The number of rotatable bonds is 5. The number of benzene rings is 1. The highest BCUT2D eigenvalue weighted by Gasteiger charge is 2.22. The maximum Gasteiger partial charge on any atom is 0.246 e. The zero-order valence-corrected chi connectivity index (χ0v) is 19.3. The molecule has 1 aliphatic heterocycles. The smallest absolute Gasteiger partial charge is 0.246 e. The first-order chi connectivity index (χ1) is 15.3. The minimum atomic E-state index is -2.36. The van der Waals surface area contributed by atoms with Crippen LogP contribution in [-0.4, -0.2) is 72.4 Å². The van der Waals surface area contributed by atoms with E-state index in [1.165, 1.54) is 11.9 Å². The van der Waals surface area contributed by atoms with Gasteiger partial charge in [0.2, 0.25) is 11.8 Å². The minimum absolute atomic E-state index is 0.101. The molecule has 1 aliphatic rings. The van der Waals surface area contributed by atoms with Gasteiger partial charge in [0.25, 0.3) is 0 Å². The molecule has 0 atom stereocenters. The number of hydrogen-bond donors (Lipinski definition) is 0. The summed E-state index contributed by atoms with van der Waals surface area (Å²) >= 11 is 0. The van der Waals surface area contributed by atoms with Gasteiger partial charge >= 0.3 is 0 Å². The summed E-state index contributed by atoms with van der Waals surface area (Å²) in [4.78, 5) is 29.6. The van der Waals surface area contributed by atoms with Crippen LogP contribution in [-0.2, 0) is 9.36 Å². The van der Waals surface area contributed by atoms with Crippen LogP contribution in [0.15, 0.2) is 54.7 Å². The molecule has 0 saturated carbocycles. The fourth-order valence-corrected chi connectivity index (χ4v) is 4.12. The third-order valence-electron chi connectivity index (χ3n) is 5.36. The topological polar surface area (TPSA) is 88.5 Å². The van der Waals surface area contributed by atoms with Crippen LogP contribution in [0.3, 0.4) is 0 Å². The van der Waals surface area contributed by atoms with Gasteiger partial charge in [-0.3, -0.25) is 4.79 Å². The molecule has 8 nitrogen and oxygen atoms in total. The van der Waals surface area contributed by atoms with Gasteiger partial charge in [-0.15, -0.1) is 0 Å². The lowest BCUT2D eigenvalue weighted by atomic mass is 10.0. The summed E-state index contributed by atoms with van der Waals surface area (Å²) in [7, 11) is -0.765. The predicted molar refractivity (Wildman–Crippen MR) is 127 cm³/mol. The largest absolute Gasteiger partial charge is 0.481 e. The van der Waals surface area contributed by atoms with Crippen LogP contribution in [0, 0.1) is 0 Å². The van der Waals surface area contributed by atoms with Crippen molar-refractivity contribution in [3.05, 3.63) is 54.7 Å². The van der Waals surface area contributed by atoms with E-state index in [0.29, 0.717) is 32.1 Å². The molecule has 4 rings (SSSR count). The number of aromatic nitrogens is 3. The molecule has 3 aromatic rings. The Kier molecular flexibility index (Phi) is 6.24. The van der Waals surface area contributed by atoms with E-state index in [0.717, 1.165) is 27.8 Å². The van der Waals surface area contributed by atoms with Crippen LogP contribution < -0.4 is 9.64 Å². The molecule has 0 radical (unpaired) electrons. The van der Waals surface area contributed by atoms with Gasteiger partial charge < -0.3 is 19.1 Å². The number of piperazine rings is 1. The Labute approximate surface area is 187 Å². The number of hydrogen-bond acceptors (Lipinski definition) is 7. The van der Waals surface area contributed by atoms with Crippen molar-refractivity contribution in [3.63, 3.8) is 0 Å². The maximum absolute atomic E-state index is 12.4. The molecule has 0 N–H and O–H groups in total. The molecule has 1 saturated heterocycles. The molecular weight excluding hydrogens is 425 g/mol. The van der Waals surface area contributed by atoms with Crippen LogP contribution in [0.4, 0.5) is 5.82 Å². The van der Waals surface area contributed by atoms with E-state index >= 15 is 0 Å². The van der Waals surface area contributed by atoms with Crippen LogP contribution in [0.1, 0.15) is 0 Å². The van der Waals surface area contributed by atoms with Crippen LogP contribution in [0.5, 0.6) is 5.88 Å². The van der Waals surface area contributed by atoms with Crippen molar-refractivity contribution in [2.24, 2.45) is 0 Å². The summed E-state index contributed by atoms with van der Waals surface area (Å²) in [6.07, 6.45) is 4.80. The lowest BCUT2D eigenvalue weighted by molar-refractivity contribution is -0.126. The molecule has 3 heterocycles. The van der Waals surface area contributed by atoms with E-state index in [4.69, 9.17) is 4.74 Å². The van der Waals surface area contributed by atoms with E-state index in [1.54, 1.807) is 37.9 Å². The van der Waals surface area contributed by atoms with E-state index < -0.39 is 7.14 Å². The zero-order chi connectivity index (χ0) is 22.7. The Morgan fingerprint density at radius 1 is 1.03 bits per heavy atom. The minimum Gasteiger partial charge on any atom is -0.481 e. The number of ether oxygens (including phenoxy) is 1. The van der Waals surface area contributed by atoms with Crippen LogP contribution >= 0.6 is 7.14 Å². The highest BCUT2D eigenvalue weighted by Crippen LogP contribution is 2.37. The summed E-state index contributed by atoms with van der Waals surface area (Å²) in [6, 6.07) is 9.89. The number of anilines is 1. The van der Waals surface area contributed by atoms with E-state index in [9.17, 15) is 9.36 Å². The van der Waals surface area contributed by atoms with E-state index in [-0.39, 0.29) is 5.91 Å². The summed E-state index contributed by atoms with van der Waals surface area (Å²) in [5.41, 5.74) is 2.86. The fraction of sp³-hybridized carbons (Fsp3) is 0.304. The monoisotopic (exact) mass is 451 g/mol. The average molecular weight is 451 g/mol. The highest BCUT2D eigenvalue weighted by molar-refractivity contribution is 7.65. The summed E-state index contributed by atoms with van der Waals surface area (Å²) in [5.74, 6) is 2.85. The number of methoxy groups -OCH3 is 1. The lowest BCUT2D eigenvalue weighted by Crippen LogP contribution is -2.48. The number of carbonyl (C=O) groups is 1. The molecule has 1 amide bonds. The van der Waals surface area contributed by atoms with Gasteiger partial charge in [-0.2, -0.15) is 0 Å². The first-order valence-corrected chi connectivity index (χ1v) is 13.0. The first kappa shape index (κ1) is 22.0. The van der Waals surface area contributed by atoms with Gasteiger partial charge in [0.1, 0.15) is 19.3 Å². The molecule has 9 heteroatoms. The molecule has 1 aromatic carbocycles. The van der Waals surface area contributed by atoms with Gasteiger partial charge in [0.05, 0.1) is 12.6 Å². The summed E-state index contributed by atoms with van der Waals surface area (Å²) in [6.45, 7) is 5.77. The van der Waals surface area contributed by atoms with Crippen molar-refractivity contribution in [1.82, 2.24) is 19.9 Å². The quantitative estimate of drug-likeness (QED) is 0.433. The third kappa shape index (κ3) is 4.97. The van der Waals surface area contributed by atoms with Crippen molar-refractivity contribution in [3.8, 4) is 17.0 Å². The Morgan fingerprint density at radius 2 is 1.78 bits per heavy atom. The first-order valence-electron chi connectivity index (χ1n) is 10.4. The third-order valence-corrected chi connectivity index (χ3v) is 6.23. The number of fused-ring (bicyclic) bond motifs is 1. The Hall–Kier alpha value is -3.25. The standard InChI is InChI=1S/C23H26N5O3P/c1-31-21-7-5-18(15-24-21)17-4-6-20-19(14-17)23(26-16-25-20)28-11-9-27(10-12-28)22(29)8-13-32(2,3)30/h4-8,13-16H,9-12H2,1-3H3. The fourth-order valence-electron chi connectivity index (χ4n) is 3.63. The summed E-state index contributed by atoms with van der Waals surface area (Å²) < 4.78 is 17.0. The molecule has 1 fully saturated rings. The van der Waals surface area contributed by atoms with Gasteiger partial charge in [0, 0.05) is 55.5 Å². The number of carbonyl (C=O) groups excluding carboxylic acids is 1. The summed E-state index contributed by atoms with van der Waals surface area (Å²) in [5, 5.41) is 0.957. The van der Waals surface area contributed by atoms with Crippen molar-refractivity contribution in [2.75, 3.05) is 51.5 Å². The molecule has 166 valence electrons. The molecule has 0 spiro atoms. The van der Waals surface area contributed by atoms with Crippen molar-refractivity contribution in [2.45, 2.75) is 0 Å². The molecule has 0 bridgehead atoms. The van der Waals surface area contributed by atoms with E-state index in [1.807, 2.05) is 24.3 Å². The van der Waals surface area contributed by atoms with Gasteiger partial charge in [0.15, 0.2) is 0 Å². The van der Waals surface area contributed by atoms with Gasteiger partial charge in [-0.25, -0.2) is 15.0 Å². The zero-order valence-electron chi connectivity index (χ0n) is 18.4. The lowest BCUT2D eigenvalue weighted by Gasteiger charge is -2.35. The van der Waals surface area contributed by atoms with Gasteiger partial charge in [-0.05, 0) is 42.9 Å². The van der Waals surface area contributed by atoms with Crippen LogP contribution in [0.2, 0.25) is 0 Å². The molecule has 32 heavy (non-hydrogen) atoms. The van der Waals surface area contributed by atoms with Gasteiger partial charge in [-0.1, -0.05) is 6.07 Å². The Bertz CT molecular complexity index is 1200. The van der Waals surface area contributed by atoms with Crippen LogP contribution in [0.25, 0.3) is 22.0 Å². The number of pyridine rings is 1. The van der Waals surface area contributed by atoms with E-state index in [2.05, 4.69) is 25.9 Å². The molecule has 0 aliphatic carbocycles. The molecule has 0 unspecified atom stereocenters. The SMILES string of the molecule is COc1ccc(-c2ccc3ncnc(N4CCN(C(=O)C=CP(C)(C)=O)CC4)c3c2)cn1.